The summed E-state index contributed by atoms with van der Waals surface area (Å²) in [6.45, 7) is 0.298. The van der Waals surface area contributed by atoms with Gasteiger partial charge in [0.15, 0.2) is 0 Å². The Kier molecular flexibility index (Phi) is 4.55. The van der Waals surface area contributed by atoms with Gasteiger partial charge in [0, 0.05) is 12.2 Å². The molecule has 1 aliphatic heterocycles. The summed E-state index contributed by atoms with van der Waals surface area (Å²) < 4.78 is 27.2. The SMILES string of the molecule is O=C1Cc2cc(S(=O)(=O)NCCCc3cccc(O)c3)ccc2N1. The van der Waals surface area contributed by atoms with E-state index >= 15 is 0 Å². The summed E-state index contributed by atoms with van der Waals surface area (Å²) in [4.78, 5) is 11.5. The molecule has 0 atom stereocenters. The van der Waals surface area contributed by atoms with Crippen molar-refractivity contribution in [2.45, 2.75) is 24.2 Å². The Bertz CT molecular complexity index is 878. The standard InChI is InChI=1S/C17H18N2O4S/c20-14-5-1-3-12(9-14)4-2-8-18-24(22,23)15-6-7-16-13(10-15)11-17(21)19-16/h1,3,5-7,9-10,18,20H,2,4,8,11H2,(H,19,21). The number of phenols is 1. The van der Waals surface area contributed by atoms with Gasteiger partial charge in [-0.1, -0.05) is 12.1 Å². The number of carbonyl (C=O) groups is 1. The topological polar surface area (TPSA) is 95.5 Å². The summed E-state index contributed by atoms with van der Waals surface area (Å²) in [5, 5.41) is 12.1. The fraction of sp³-hybridized carbons (Fsp3) is 0.235. The van der Waals surface area contributed by atoms with Crippen LogP contribution in [0.4, 0.5) is 5.69 Å². The Hall–Kier alpha value is -2.38. The Labute approximate surface area is 140 Å². The van der Waals surface area contributed by atoms with E-state index in [0.717, 1.165) is 5.56 Å². The second-order valence-corrected chi connectivity index (χ2v) is 7.48. The van der Waals surface area contributed by atoms with Gasteiger partial charge in [0.05, 0.1) is 11.3 Å². The van der Waals surface area contributed by atoms with Crippen molar-refractivity contribution in [1.82, 2.24) is 4.72 Å². The maximum absolute atomic E-state index is 12.3. The zero-order chi connectivity index (χ0) is 17.2. The van der Waals surface area contributed by atoms with E-state index in [0.29, 0.717) is 30.6 Å². The largest absolute Gasteiger partial charge is 0.508 e. The molecule has 0 saturated heterocycles. The van der Waals surface area contributed by atoms with E-state index in [1.165, 1.54) is 12.1 Å². The number of aromatic hydroxyl groups is 1. The van der Waals surface area contributed by atoms with E-state index in [-0.39, 0.29) is 23.0 Å². The number of fused-ring (bicyclic) bond motifs is 1. The molecule has 0 unspecified atom stereocenters. The Morgan fingerprint density at radius 3 is 2.79 bits per heavy atom. The lowest BCUT2D eigenvalue weighted by Gasteiger charge is -2.08. The molecule has 0 bridgehead atoms. The molecule has 0 aromatic heterocycles. The quantitative estimate of drug-likeness (QED) is 0.695. The van der Waals surface area contributed by atoms with Crippen molar-refractivity contribution < 1.29 is 18.3 Å². The first-order valence-corrected chi connectivity index (χ1v) is 9.13. The lowest BCUT2D eigenvalue weighted by atomic mass is 10.1. The third-order valence-corrected chi connectivity index (χ3v) is 5.32. The number of nitrogens with one attached hydrogen (secondary N) is 2. The number of amides is 1. The number of hydrogen-bond donors (Lipinski definition) is 3. The average Bonchev–Trinajstić information content (AvgIpc) is 2.91. The summed E-state index contributed by atoms with van der Waals surface area (Å²) >= 11 is 0. The van der Waals surface area contributed by atoms with E-state index in [2.05, 4.69) is 10.0 Å². The van der Waals surface area contributed by atoms with Gasteiger partial charge in [-0.25, -0.2) is 13.1 Å². The molecule has 0 radical (unpaired) electrons. The molecule has 0 saturated carbocycles. The van der Waals surface area contributed by atoms with Crippen LogP contribution in [0.15, 0.2) is 47.4 Å². The summed E-state index contributed by atoms with van der Waals surface area (Å²) in [6.07, 6.45) is 1.49. The van der Waals surface area contributed by atoms with Gasteiger partial charge in [-0.2, -0.15) is 0 Å². The fourth-order valence-electron chi connectivity index (χ4n) is 2.67. The molecule has 0 aliphatic carbocycles. The lowest BCUT2D eigenvalue weighted by molar-refractivity contribution is -0.115. The van der Waals surface area contributed by atoms with Crippen LogP contribution in [0.3, 0.4) is 0 Å². The van der Waals surface area contributed by atoms with E-state index in [1.54, 1.807) is 24.3 Å². The van der Waals surface area contributed by atoms with Crippen molar-refractivity contribution in [3.63, 3.8) is 0 Å². The minimum atomic E-state index is -3.60. The fourth-order valence-corrected chi connectivity index (χ4v) is 3.79. The molecule has 3 N–H and O–H groups in total. The van der Waals surface area contributed by atoms with Crippen molar-refractivity contribution in [3.8, 4) is 5.75 Å². The molecular weight excluding hydrogens is 328 g/mol. The minimum Gasteiger partial charge on any atom is -0.508 e. The third-order valence-electron chi connectivity index (χ3n) is 3.86. The molecule has 7 heteroatoms. The summed E-state index contributed by atoms with van der Waals surface area (Å²) in [5.41, 5.74) is 2.32. The Balaban J connectivity index is 1.58. The van der Waals surface area contributed by atoms with Crippen LogP contribution in [-0.2, 0) is 27.7 Å². The van der Waals surface area contributed by atoms with Crippen molar-refractivity contribution >= 4 is 21.6 Å². The summed E-state index contributed by atoms with van der Waals surface area (Å²) in [7, 11) is -3.60. The molecule has 1 heterocycles. The van der Waals surface area contributed by atoms with Crippen LogP contribution in [0.5, 0.6) is 5.75 Å². The molecule has 1 aliphatic rings. The van der Waals surface area contributed by atoms with Crippen LogP contribution in [0.1, 0.15) is 17.5 Å². The maximum atomic E-state index is 12.3. The predicted octanol–water partition coefficient (Wildman–Crippen LogP) is 1.80. The molecule has 0 fully saturated rings. The van der Waals surface area contributed by atoms with Crippen LogP contribution in [0, 0.1) is 0 Å². The lowest BCUT2D eigenvalue weighted by Crippen LogP contribution is -2.25. The number of rotatable bonds is 6. The highest BCUT2D eigenvalue weighted by atomic mass is 32.2. The van der Waals surface area contributed by atoms with Crippen molar-refractivity contribution in [1.29, 1.82) is 0 Å². The van der Waals surface area contributed by atoms with Gasteiger partial charge in [-0.3, -0.25) is 4.79 Å². The number of hydrogen-bond acceptors (Lipinski definition) is 4. The molecule has 24 heavy (non-hydrogen) atoms. The Morgan fingerprint density at radius 1 is 1.17 bits per heavy atom. The first-order chi connectivity index (χ1) is 11.4. The number of phenolic OH excluding ortho intramolecular Hbond substituents is 1. The highest BCUT2D eigenvalue weighted by Crippen LogP contribution is 2.25. The number of sulfonamides is 1. The monoisotopic (exact) mass is 346 g/mol. The normalized spacial score (nSPS) is 13.6. The zero-order valence-electron chi connectivity index (χ0n) is 13.0. The maximum Gasteiger partial charge on any atom is 0.240 e. The smallest absolute Gasteiger partial charge is 0.240 e. The third kappa shape index (κ3) is 3.74. The number of anilines is 1. The average molecular weight is 346 g/mol. The van der Waals surface area contributed by atoms with Crippen LogP contribution in [-0.4, -0.2) is 26.0 Å². The molecule has 126 valence electrons. The van der Waals surface area contributed by atoms with Crippen molar-refractivity contribution in [2.24, 2.45) is 0 Å². The Morgan fingerprint density at radius 2 is 2.00 bits per heavy atom. The second-order valence-electron chi connectivity index (χ2n) is 5.72. The summed E-state index contributed by atoms with van der Waals surface area (Å²) in [6, 6.07) is 11.5. The highest BCUT2D eigenvalue weighted by molar-refractivity contribution is 7.89. The summed E-state index contributed by atoms with van der Waals surface area (Å²) in [5.74, 6) is 0.0769. The van der Waals surface area contributed by atoms with Gasteiger partial charge in [-0.15, -0.1) is 0 Å². The zero-order valence-corrected chi connectivity index (χ0v) is 13.8. The first kappa shape index (κ1) is 16.5. The van der Waals surface area contributed by atoms with E-state index < -0.39 is 10.0 Å². The van der Waals surface area contributed by atoms with E-state index in [9.17, 15) is 18.3 Å². The second kappa shape index (κ2) is 6.62. The van der Waals surface area contributed by atoms with Crippen LogP contribution in [0.2, 0.25) is 0 Å². The van der Waals surface area contributed by atoms with E-state index in [1.807, 2.05) is 6.07 Å². The predicted molar refractivity (Wildman–Crippen MR) is 90.4 cm³/mol. The van der Waals surface area contributed by atoms with E-state index in [4.69, 9.17) is 0 Å². The molecule has 1 amide bonds. The molecule has 2 aromatic rings. The molecule has 2 aromatic carbocycles. The number of aryl methyl sites for hydroxylation is 1. The molecule has 6 nitrogen and oxygen atoms in total. The van der Waals surface area contributed by atoms with Crippen LogP contribution >= 0.6 is 0 Å². The van der Waals surface area contributed by atoms with Gasteiger partial charge in [-0.05, 0) is 54.3 Å². The van der Waals surface area contributed by atoms with Gasteiger partial charge >= 0.3 is 0 Å². The van der Waals surface area contributed by atoms with Crippen molar-refractivity contribution in [3.05, 3.63) is 53.6 Å². The highest BCUT2D eigenvalue weighted by Gasteiger charge is 2.21. The number of benzene rings is 2. The molecule has 0 spiro atoms. The van der Waals surface area contributed by atoms with Crippen LogP contribution < -0.4 is 10.0 Å². The number of carbonyl (C=O) groups excluding carboxylic acids is 1. The van der Waals surface area contributed by atoms with Crippen molar-refractivity contribution in [2.75, 3.05) is 11.9 Å². The van der Waals surface area contributed by atoms with Gasteiger partial charge in [0.1, 0.15) is 5.75 Å². The molecule has 3 rings (SSSR count). The minimum absolute atomic E-state index is 0.126. The first-order valence-electron chi connectivity index (χ1n) is 7.64. The van der Waals surface area contributed by atoms with Gasteiger partial charge in [0.25, 0.3) is 0 Å². The van der Waals surface area contributed by atoms with Gasteiger partial charge < -0.3 is 10.4 Å². The molecular formula is C17H18N2O4S. The van der Waals surface area contributed by atoms with Gasteiger partial charge in [0.2, 0.25) is 15.9 Å². The van der Waals surface area contributed by atoms with Crippen LogP contribution in [0.25, 0.3) is 0 Å².